The molecule has 2 rings (SSSR count). The Morgan fingerprint density at radius 1 is 1.31 bits per heavy atom. The minimum Gasteiger partial charge on any atom is -0.353 e. The average Bonchev–Trinajstić information content (AvgIpc) is 2.79. The highest BCUT2D eigenvalue weighted by Crippen LogP contribution is 2.33. The van der Waals surface area contributed by atoms with Gasteiger partial charge in [0.2, 0.25) is 5.91 Å². The quantitative estimate of drug-likeness (QED) is 0.670. The second kappa shape index (κ2) is 3.66. The van der Waals surface area contributed by atoms with E-state index in [2.05, 4.69) is 5.32 Å². The molecule has 0 aromatic heterocycles. The van der Waals surface area contributed by atoms with Crippen molar-refractivity contribution in [2.24, 2.45) is 17.6 Å². The highest BCUT2D eigenvalue weighted by molar-refractivity contribution is 5.76. The molecule has 0 aliphatic heterocycles. The molecule has 0 bridgehead atoms. The molecule has 0 aromatic rings. The first-order valence-electron chi connectivity index (χ1n) is 5.27. The van der Waals surface area contributed by atoms with Gasteiger partial charge in [0, 0.05) is 12.5 Å². The summed E-state index contributed by atoms with van der Waals surface area (Å²) in [5.41, 5.74) is 5.50. The molecule has 2 fully saturated rings. The van der Waals surface area contributed by atoms with Crippen LogP contribution in [0.2, 0.25) is 0 Å². The van der Waals surface area contributed by atoms with Gasteiger partial charge in [-0.3, -0.25) is 4.79 Å². The highest BCUT2D eigenvalue weighted by Gasteiger charge is 2.30. The van der Waals surface area contributed by atoms with E-state index in [9.17, 15) is 4.79 Å². The lowest BCUT2D eigenvalue weighted by Crippen LogP contribution is -2.46. The third kappa shape index (κ3) is 2.44. The zero-order valence-corrected chi connectivity index (χ0v) is 7.96. The summed E-state index contributed by atoms with van der Waals surface area (Å²) < 4.78 is 0. The van der Waals surface area contributed by atoms with Gasteiger partial charge in [0.1, 0.15) is 0 Å². The van der Waals surface area contributed by atoms with Crippen molar-refractivity contribution in [2.45, 2.75) is 38.1 Å². The molecule has 13 heavy (non-hydrogen) atoms. The first kappa shape index (κ1) is 9.00. The van der Waals surface area contributed by atoms with Gasteiger partial charge in [0.05, 0.1) is 0 Å². The van der Waals surface area contributed by atoms with Crippen LogP contribution in [0.15, 0.2) is 0 Å². The van der Waals surface area contributed by atoms with Gasteiger partial charge in [-0.15, -0.1) is 0 Å². The SMILES string of the molecule is NCC1CC(NC(=O)CC2CC2)C1. The first-order chi connectivity index (χ1) is 6.28. The van der Waals surface area contributed by atoms with Crippen LogP contribution in [0, 0.1) is 11.8 Å². The Bertz CT molecular complexity index is 195. The van der Waals surface area contributed by atoms with Gasteiger partial charge < -0.3 is 11.1 Å². The fourth-order valence-electron chi connectivity index (χ4n) is 1.92. The maximum absolute atomic E-state index is 11.3. The van der Waals surface area contributed by atoms with E-state index in [1.54, 1.807) is 0 Å². The molecule has 3 heteroatoms. The van der Waals surface area contributed by atoms with Crippen LogP contribution in [-0.4, -0.2) is 18.5 Å². The Hall–Kier alpha value is -0.570. The summed E-state index contributed by atoms with van der Waals surface area (Å²) in [5, 5.41) is 3.06. The van der Waals surface area contributed by atoms with Gasteiger partial charge in [-0.1, -0.05) is 0 Å². The van der Waals surface area contributed by atoms with Crippen molar-refractivity contribution in [3.8, 4) is 0 Å². The number of amides is 1. The maximum Gasteiger partial charge on any atom is 0.220 e. The van der Waals surface area contributed by atoms with Gasteiger partial charge in [0.15, 0.2) is 0 Å². The van der Waals surface area contributed by atoms with Gasteiger partial charge in [-0.05, 0) is 44.1 Å². The fraction of sp³-hybridized carbons (Fsp3) is 0.900. The Kier molecular flexibility index (Phi) is 2.54. The molecule has 3 nitrogen and oxygen atoms in total. The van der Waals surface area contributed by atoms with E-state index in [1.165, 1.54) is 12.8 Å². The predicted molar refractivity (Wildman–Crippen MR) is 51.1 cm³/mol. The van der Waals surface area contributed by atoms with Crippen LogP contribution >= 0.6 is 0 Å². The van der Waals surface area contributed by atoms with E-state index in [1.807, 2.05) is 0 Å². The molecule has 0 aromatic carbocycles. The van der Waals surface area contributed by atoms with Crippen molar-refractivity contribution in [3.63, 3.8) is 0 Å². The summed E-state index contributed by atoms with van der Waals surface area (Å²) in [4.78, 5) is 11.3. The Morgan fingerprint density at radius 3 is 2.54 bits per heavy atom. The van der Waals surface area contributed by atoms with Crippen LogP contribution in [-0.2, 0) is 4.79 Å². The van der Waals surface area contributed by atoms with Crippen LogP contribution in [0.1, 0.15) is 32.1 Å². The van der Waals surface area contributed by atoms with E-state index in [4.69, 9.17) is 5.73 Å². The third-order valence-corrected chi connectivity index (χ3v) is 3.11. The number of nitrogens with one attached hydrogen (secondary N) is 1. The van der Waals surface area contributed by atoms with E-state index in [0.29, 0.717) is 17.9 Å². The summed E-state index contributed by atoms with van der Waals surface area (Å²) in [7, 11) is 0. The second-order valence-corrected chi connectivity index (χ2v) is 4.49. The van der Waals surface area contributed by atoms with E-state index < -0.39 is 0 Å². The molecule has 0 heterocycles. The molecule has 2 aliphatic carbocycles. The Balaban J connectivity index is 1.59. The van der Waals surface area contributed by atoms with Crippen molar-refractivity contribution in [1.82, 2.24) is 5.32 Å². The van der Waals surface area contributed by atoms with Gasteiger partial charge >= 0.3 is 0 Å². The van der Waals surface area contributed by atoms with E-state index in [-0.39, 0.29) is 5.91 Å². The number of rotatable bonds is 4. The van der Waals surface area contributed by atoms with E-state index in [0.717, 1.165) is 25.8 Å². The van der Waals surface area contributed by atoms with E-state index >= 15 is 0 Å². The molecule has 2 aliphatic rings. The van der Waals surface area contributed by atoms with Gasteiger partial charge in [0.25, 0.3) is 0 Å². The molecule has 0 saturated heterocycles. The maximum atomic E-state index is 11.3. The van der Waals surface area contributed by atoms with Gasteiger partial charge in [-0.2, -0.15) is 0 Å². The normalized spacial score (nSPS) is 32.4. The number of hydrogen-bond acceptors (Lipinski definition) is 2. The molecular formula is C10H18N2O. The van der Waals surface area contributed by atoms with Gasteiger partial charge in [-0.25, -0.2) is 0 Å². The molecule has 0 spiro atoms. The molecule has 1 amide bonds. The molecule has 0 radical (unpaired) electrons. The van der Waals surface area contributed by atoms with Crippen molar-refractivity contribution < 1.29 is 4.79 Å². The van der Waals surface area contributed by atoms with Crippen LogP contribution in [0.25, 0.3) is 0 Å². The number of carbonyl (C=O) groups excluding carboxylic acids is 1. The number of nitrogens with two attached hydrogens (primary N) is 1. The Morgan fingerprint density at radius 2 is 2.00 bits per heavy atom. The molecule has 0 unspecified atom stereocenters. The molecule has 3 N–H and O–H groups in total. The number of carbonyl (C=O) groups is 1. The van der Waals surface area contributed by atoms with Crippen molar-refractivity contribution in [3.05, 3.63) is 0 Å². The lowest BCUT2D eigenvalue weighted by Gasteiger charge is -2.35. The summed E-state index contributed by atoms with van der Waals surface area (Å²) >= 11 is 0. The van der Waals surface area contributed by atoms with Crippen molar-refractivity contribution in [2.75, 3.05) is 6.54 Å². The summed E-state index contributed by atoms with van der Waals surface area (Å²) in [6.45, 7) is 0.773. The zero-order valence-electron chi connectivity index (χ0n) is 7.96. The minimum absolute atomic E-state index is 0.253. The number of hydrogen-bond donors (Lipinski definition) is 2. The Labute approximate surface area is 79.1 Å². The van der Waals surface area contributed by atoms with Crippen LogP contribution in [0.4, 0.5) is 0 Å². The summed E-state index contributed by atoms with van der Waals surface area (Å²) in [6.07, 6.45) is 5.44. The van der Waals surface area contributed by atoms with Crippen LogP contribution < -0.4 is 11.1 Å². The summed E-state index contributed by atoms with van der Waals surface area (Å²) in [5.74, 6) is 1.61. The molecule has 2 saturated carbocycles. The standard InChI is InChI=1S/C10H18N2O/c11-6-8-3-9(4-8)12-10(13)5-7-1-2-7/h7-9H,1-6,11H2,(H,12,13). The smallest absolute Gasteiger partial charge is 0.220 e. The predicted octanol–water partition coefficient (Wildman–Crippen LogP) is 0.640. The topological polar surface area (TPSA) is 55.1 Å². The van der Waals surface area contributed by atoms with Crippen LogP contribution in [0.3, 0.4) is 0 Å². The third-order valence-electron chi connectivity index (χ3n) is 3.11. The largest absolute Gasteiger partial charge is 0.353 e. The lowest BCUT2D eigenvalue weighted by molar-refractivity contribution is -0.123. The minimum atomic E-state index is 0.253. The average molecular weight is 182 g/mol. The van der Waals surface area contributed by atoms with Crippen molar-refractivity contribution in [1.29, 1.82) is 0 Å². The first-order valence-corrected chi connectivity index (χ1v) is 5.27. The van der Waals surface area contributed by atoms with Crippen molar-refractivity contribution >= 4 is 5.91 Å². The fourth-order valence-corrected chi connectivity index (χ4v) is 1.92. The lowest BCUT2D eigenvalue weighted by atomic mass is 9.80. The molecule has 0 atom stereocenters. The highest BCUT2D eigenvalue weighted by atomic mass is 16.1. The molecule has 74 valence electrons. The monoisotopic (exact) mass is 182 g/mol. The summed E-state index contributed by atoms with van der Waals surface area (Å²) in [6, 6.07) is 0.430. The zero-order chi connectivity index (χ0) is 9.26. The molecular weight excluding hydrogens is 164 g/mol. The second-order valence-electron chi connectivity index (χ2n) is 4.49. The van der Waals surface area contributed by atoms with Crippen LogP contribution in [0.5, 0.6) is 0 Å².